The van der Waals surface area contributed by atoms with Crippen molar-refractivity contribution in [1.82, 2.24) is 26.6 Å². The Hall–Kier alpha value is -5.26. The van der Waals surface area contributed by atoms with Crippen LogP contribution in [0.1, 0.15) is 120 Å². The number of nitrogens with two attached hydrogens (primary N) is 2. The van der Waals surface area contributed by atoms with Gasteiger partial charge in [-0.3, -0.25) is 24.0 Å². The molecule has 1 aromatic carbocycles. The first-order valence-corrected chi connectivity index (χ1v) is 24.2. The molecule has 0 aliphatic carbocycles. The topological polar surface area (TPSA) is 335 Å². The molecular weight excluding hydrogens is 903 g/mol. The number of unbranched alkanes of at least 4 members (excludes halogenated alkanes) is 9. The van der Waals surface area contributed by atoms with Gasteiger partial charge in [-0.1, -0.05) is 38.5 Å². The van der Waals surface area contributed by atoms with E-state index in [1.807, 2.05) is 0 Å². The van der Waals surface area contributed by atoms with E-state index in [9.17, 15) is 43.5 Å². The number of carboxylic acids is 2. The van der Waals surface area contributed by atoms with E-state index >= 15 is 0 Å². The van der Waals surface area contributed by atoms with Crippen LogP contribution in [0.25, 0.3) is 0 Å². The minimum atomic E-state index is -1.21. The molecule has 0 saturated heterocycles. The zero-order valence-corrected chi connectivity index (χ0v) is 40.2. The normalized spacial score (nSPS) is 12.3. The Morgan fingerprint density at radius 2 is 1.04 bits per heavy atom. The zero-order chi connectivity index (χ0) is 50.7. The second kappa shape index (κ2) is 41.7. The predicted octanol–water partition coefficient (Wildman–Crippen LogP) is 1.35. The third-order valence-corrected chi connectivity index (χ3v) is 10.3. The van der Waals surface area contributed by atoms with Crippen LogP contribution in [0.3, 0.4) is 0 Å². The molecule has 0 radical (unpaired) electrons. The molecule has 0 spiro atoms. The number of rotatable bonds is 46. The Bertz CT molecular complexity index is 1610. The van der Waals surface area contributed by atoms with Gasteiger partial charge < -0.3 is 76.7 Å². The average molecular weight is 982 g/mol. The van der Waals surface area contributed by atoms with E-state index < -0.39 is 30.1 Å². The van der Waals surface area contributed by atoms with Crippen molar-refractivity contribution < 1.29 is 72.3 Å². The molecule has 0 unspecified atom stereocenters. The SMILES string of the molecule is N[C@H](C=O)CCCCNC(=O)[C@@H](N)CCCCNC(=O)COCCOCCNC(=O)COCCOCCNC(=O)CC[C@H](NC(=O)CCCCCCCCCCOc1ccc(C(=O)O)cc1)C(=O)O. The summed E-state index contributed by atoms with van der Waals surface area (Å²) in [6.45, 7) is 2.75. The fourth-order valence-corrected chi connectivity index (χ4v) is 6.38. The van der Waals surface area contributed by atoms with E-state index in [1.54, 1.807) is 12.1 Å². The summed E-state index contributed by atoms with van der Waals surface area (Å²) in [5.74, 6) is -3.12. The van der Waals surface area contributed by atoms with Gasteiger partial charge in [-0.25, -0.2) is 9.59 Å². The number of carbonyl (C=O) groups is 8. The van der Waals surface area contributed by atoms with Crippen LogP contribution in [0.4, 0.5) is 0 Å². The number of hydrogen-bond acceptors (Lipinski definition) is 15. The van der Waals surface area contributed by atoms with Crippen molar-refractivity contribution in [1.29, 1.82) is 0 Å². The van der Waals surface area contributed by atoms with E-state index in [2.05, 4.69) is 26.6 Å². The summed E-state index contributed by atoms with van der Waals surface area (Å²) in [6, 6.07) is 4.05. The number of benzene rings is 1. The third-order valence-electron chi connectivity index (χ3n) is 10.3. The lowest BCUT2D eigenvalue weighted by molar-refractivity contribution is -0.142. The fraction of sp³-hybridized carbons (Fsp3) is 0.702. The van der Waals surface area contributed by atoms with E-state index in [0.717, 1.165) is 51.4 Å². The Kier molecular flexibility index (Phi) is 37.3. The van der Waals surface area contributed by atoms with Gasteiger partial charge in [0.15, 0.2) is 0 Å². The van der Waals surface area contributed by atoms with Gasteiger partial charge in [-0.2, -0.15) is 0 Å². The summed E-state index contributed by atoms with van der Waals surface area (Å²) in [7, 11) is 0. The molecule has 1 aromatic rings. The molecule has 0 saturated carbocycles. The Balaban J connectivity index is 1.91. The maximum absolute atomic E-state index is 12.4. The second-order valence-corrected chi connectivity index (χ2v) is 16.3. The van der Waals surface area contributed by atoms with E-state index in [1.165, 1.54) is 12.1 Å². The quantitative estimate of drug-likeness (QED) is 0.0329. The number of aldehydes is 1. The van der Waals surface area contributed by atoms with Gasteiger partial charge in [0.1, 0.15) is 31.3 Å². The number of aromatic carboxylic acids is 1. The standard InChI is InChI=1S/C47H79N7O15/c48-37(33-55)13-8-10-23-53-45(60)39(49)14-9-11-22-50-43(58)34-67-31-30-66-28-25-52-44(59)35-68-32-29-65-27-24-51-41(56)21-20-40(47(63)64)54-42(57)15-7-5-3-1-2-4-6-12-26-69-38-18-16-36(17-19-38)46(61)62/h16-19,33,37,39-40H,1-15,20-32,34-35,48-49H2,(H,50,58)(H,51,56)(H,52,59)(H,53,60)(H,54,57)(H,61,62)(H,63,64)/t37-,39-,40-/m0/s1. The highest BCUT2D eigenvalue weighted by Crippen LogP contribution is 2.14. The Labute approximate surface area is 405 Å². The molecule has 0 heterocycles. The summed E-state index contributed by atoms with van der Waals surface area (Å²) < 4.78 is 27.0. The first-order chi connectivity index (χ1) is 33.3. The minimum absolute atomic E-state index is 0.0528. The van der Waals surface area contributed by atoms with Crippen LogP contribution in [-0.2, 0) is 52.5 Å². The van der Waals surface area contributed by atoms with Crippen LogP contribution in [0, 0.1) is 0 Å². The maximum Gasteiger partial charge on any atom is 0.335 e. The molecule has 22 heteroatoms. The molecule has 0 aliphatic rings. The van der Waals surface area contributed by atoms with Gasteiger partial charge in [-0.05, 0) is 82.1 Å². The van der Waals surface area contributed by atoms with Gasteiger partial charge in [0.2, 0.25) is 29.5 Å². The van der Waals surface area contributed by atoms with Crippen LogP contribution in [-0.4, -0.2) is 162 Å². The molecule has 392 valence electrons. The van der Waals surface area contributed by atoms with Gasteiger partial charge in [0.25, 0.3) is 0 Å². The zero-order valence-electron chi connectivity index (χ0n) is 40.2. The number of carbonyl (C=O) groups excluding carboxylic acids is 6. The van der Waals surface area contributed by atoms with Gasteiger partial charge in [0, 0.05) is 39.0 Å². The van der Waals surface area contributed by atoms with E-state index in [4.69, 9.17) is 40.3 Å². The molecule has 11 N–H and O–H groups in total. The summed E-state index contributed by atoms with van der Waals surface area (Å²) >= 11 is 0. The molecule has 1 rings (SSSR count). The van der Waals surface area contributed by atoms with Crippen molar-refractivity contribution in [3.05, 3.63) is 29.8 Å². The maximum atomic E-state index is 12.4. The third kappa shape index (κ3) is 36.4. The van der Waals surface area contributed by atoms with E-state index in [0.29, 0.717) is 70.3 Å². The number of amides is 5. The summed E-state index contributed by atoms with van der Waals surface area (Å²) in [4.78, 5) is 93.7. The van der Waals surface area contributed by atoms with Crippen LogP contribution < -0.4 is 42.8 Å². The number of carboxylic acid groups (broad SMARTS) is 2. The summed E-state index contributed by atoms with van der Waals surface area (Å²) in [5.41, 5.74) is 11.7. The van der Waals surface area contributed by atoms with E-state index in [-0.39, 0.29) is 120 Å². The smallest absolute Gasteiger partial charge is 0.335 e. The molecule has 0 aliphatic heterocycles. The van der Waals surface area contributed by atoms with Crippen molar-refractivity contribution in [2.24, 2.45) is 11.5 Å². The number of nitrogens with one attached hydrogen (secondary N) is 5. The lowest BCUT2D eigenvalue weighted by Gasteiger charge is -2.14. The monoisotopic (exact) mass is 982 g/mol. The van der Waals surface area contributed by atoms with Crippen LogP contribution in [0.2, 0.25) is 0 Å². The highest BCUT2D eigenvalue weighted by Gasteiger charge is 2.21. The Morgan fingerprint density at radius 1 is 0.522 bits per heavy atom. The molecule has 0 bridgehead atoms. The second-order valence-electron chi connectivity index (χ2n) is 16.3. The van der Waals surface area contributed by atoms with Gasteiger partial charge >= 0.3 is 11.9 Å². The van der Waals surface area contributed by atoms with Crippen LogP contribution in [0.15, 0.2) is 24.3 Å². The van der Waals surface area contributed by atoms with Crippen molar-refractivity contribution in [3.8, 4) is 5.75 Å². The highest BCUT2D eigenvalue weighted by molar-refractivity contribution is 5.87. The Morgan fingerprint density at radius 3 is 1.62 bits per heavy atom. The molecule has 69 heavy (non-hydrogen) atoms. The summed E-state index contributed by atoms with van der Waals surface area (Å²) in [5, 5.41) is 31.8. The minimum Gasteiger partial charge on any atom is -0.494 e. The van der Waals surface area contributed by atoms with Crippen molar-refractivity contribution in [3.63, 3.8) is 0 Å². The highest BCUT2D eigenvalue weighted by atomic mass is 16.5. The van der Waals surface area contributed by atoms with Crippen LogP contribution >= 0.6 is 0 Å². The molecule has 3 atom stereocenters. The number of aliphatic carboxylic acids is 1. The molecule has 5 amide bonds. The number of hydrogen-bond donors (Lipinski definition) is 9. The lowest BCUT2D eigenvalue weighted by atomic mass is 10.1. The first kappa shape index (κ1) is 61.8. The van der Waals surface area contributed by atoms with Crippen molar-refractivity contribution in [2.75, 3.05) is 85.6 Å². The first-order valence-electron chi connectivity index (χ1n) is 24.2. The predicted molar refractivity (Wildman–Crippen MR) is 254 cm³/mol. The largest absolute Gasteiger partial charge is 0.494 e. The lowest BCUT2D eigenvalue weighted by Crippen LogP contribution is -2.41. The van der Waals surface area contributed by atoms with Gasteiger partial charge in [0.05, 0.1) is 63.9 Å². The van der Waals surface area contributed by atoms with Crippen molar-refractivity contribution in [2.45, 2.75) is 127 Å². The summed E-state index contributed by atoms with van der Waals surface area (Å²) in [6.07, 6.45) is 12.1. The molecule has 22 nitrogen and oxygen atoms in total. The van der Waals surface area contributed by atoms with Crippen molar-refractivity contribution >= 4 is 47.8 Å². The van der Waals surface area contributed by atoms with Gasteiger partial charge in [-0.15, -0.1) is 0 Å². The fourth-order valence-electron chi connectivity index (χ4n) is 6.38. The molecule has 0 aromatic heterocycles. The van der Waals surface area contributed by atoms with Crippen LogP contribution in [0.5, 0.6) is 5.75 Å². The molecule has 0 fully saturated rings. The average Bonchev–Trinajstić information content (AvgIpc) is 3.33. The molecular formula is C47H79N7O15. The number of ether oxygens (including phenoxy) is 5.